The van der Waals surface area contributed by atoms with Gasteiger partial charge in [-0.2, -0.15) is 10.4 Å². The molecule has 170 valence electrons. The summed E-state index contributed by atoms with van der Waals surface area (Å²) in [6.45, 7) is -0.426. The van der Waals surface area contributed by atoms with Gasteiger partial charge in [0.05, 0.1) is 26.7 Å². The molecule has 0 saturated heterocycles. The van der Waals surface area contributed by atoms with Crippen LogP contribution in [0.25, 0.3) is 0 Å². The van der Waals surface area contributed by atoms with Gasteiger partial charge in [-0.1, -0.05) is 30.3 Å². The van der Waals surface area contributed by atoms with E-state index >= 15 is 0 Å². The van der Waals surface area contributed by atoms with E-state index in [4.69, 9.17) is 14.7 Å². The maximum absolute atomic E-state index is 12.5. The Morgan fingerprint density at radius 2 is 1.85 bits per heavy atom. The normalized spacial score (nSPS) is 10.4. The number of amides is 1. The number of non-ortho nitro benzene ring substituents is 1. The Morgan fingerprint density at radius 1 is 1.15 bits per heavy atom. The van der Waals surface area contributed by atoms with Crippen molar-refractivity contribution in [1.82, 2.24) is 5.43 Å². The number of esters is 1. The van der Waals surface area contributed by atoms with Gasteiger partial charge in [-0.3, -0.25) is 14.9 Å². The molecule has 1 N–H and O–H groups in total. The number of rotatable bonds is 8. The first-order valence-corrected chi connectivity index (χ1v) is 10.4. The standard InChI is InChI=1S/C23H15BrN4O6/c24-19-11-18(28(31)32)10-17(22(19)34-23(30)15-6-2-1-3-7-15)13-26-27-21(29)14-33-20-9-5-4-8-16(20)12-25/h1-11,13H,14H2,(H,27,29)/b26-13+. The van der Waals surface area contributed by atoms with Crippen molar-refractivity contribution in [2.75, 3.05) is 6.61 Å². The summed E-state index contributed by atoms with van der Waals surface area (Å²) in [6.07, 6.45) is 1.10. The molecule has 0 spiro atoms. The third-order valence-corrected chi connectivity index (χ3v) is 4.82. The molecule has 3 aromatic carbocycles. The summed E-state index contributed by atoms with van der Waals surface area (Å²) in [5, 5.41) is 24.1. The Hall–Kier alpha value is -4.56. The van der Waals surface area contributed by atoms with E-state index in [0.29, 0.717) is 0 Å². The molecule has 0 aliphatic carbocycles. The third-order valence-electron chi connectivity index (χ3n) is 4.23. The van der Waals surface area contributed by atoms with Gasteiger partial charge in [0.1, 0.15) is 11.8 Å². The number of carbonyl (C=O) groups is 2. The highest BCUT2D eigenvalue weighted by Crippen LogP contribution is 2.33. The molecule has 0 aromatic heterocycles. The molecular weight excluding hydrogens is 508 g/mol. The molecule has 0 bridgehead atoms. The van der Waals surface area contributed by atoms with E-state index in [1.165, 1.54) is 6.07 Å². The zero-order valence-electron chi connectivity index (χ0n) is 17.3. The van der Waals surface area contributed by atoms with Gasteiger partial charge in [-0.05, 0) is 40.2 Å². The number of nitro groups is 1. The lowest BCUT2D eigenvalue weighted by atomic mass is 10.2. The van der Waals surface area contributed by atoms with E-state index in [1.807, 2.05) is 6.07 Å². The molecule has 0 heterocycles. The van der Waals surface area contributed by atoms with E-state index in [2.05, 4.69) is 26.5 Å². The van der Waals surface area contributed by atoms with Gasteiger partial charge >= 0.3 is 5.97 Å². The van der Waals surface area contributed by atoms with E-state index in [-0.39, 0.29) is 38.3 Å². The Morgan fingerprint density at radius 3 is 2.56 bits per heavy atom. The van der Waals surface area contributed by atoms with Crippen molar-refractivity contribution in [3.8, 4) is 17.6 Å². The van der Waals surface area contributed by atoms with Crippen molar-refractivity contribution >= 4 is 39.7 Å². The van der Waals surface area contributed by atoms with E-state index in [0.717, 1.165) is 12.3 Å². The average molecular weight is 523 g/mol. The van der Waals surface area contributed by atoms with Gasteiger partial charge in [0.2, 0.25) is 0 Å². The molecule has 0 aliphatic rings. The molecule has 10 nitrogen and oxygen atoms in total. The summed E-state index contributed by atoms with van der Waals surface area (Å²) in [5.74, 6) is -1.10. The lowest BCUT2D eigenvalue weighted by Gasteiger charge is -2.10. The highest BCUT2D eigenvalue weighted by atomic mass is 79.9. The van der Waals surface area contributed by atoms with Gasteiger partial charge in [-0.25, -0.2) is 10.2 Å². The number of para-hydroxylation sites is 1. The van der Waals surface area contributed by atoms with Crippen molar-refractivity contribution in [3.05, 3.63) is 98.0 Å². The lowest BCUT2D eigenvalue weighted by molar-refractivity contribution is -0.385. The first-order valence-electron chi connectivity index (χ1n) is 9.58. The fraction of sp³-hybridized carbons (Fsp3) is 0.0435. The Bertz CT molecular complexity index is 1300. The molecule has 0 aliphatic heterocycles. The number of hydrogen-bond donors (Lipinski definition) is 1. The van der Waals surface area contributed by atoms with Gasteiger partial charge < -0.3 is 9.47 Å². The van der Waals surface area contributed by atoms with Crippen LogP contribution in [0.5, 0.6) is 11.5 Å². The first-order chi connectivity index (χ1) is 16.4. The van der Waals surface area contributed by atoms with Crippen molar-refractivity contribution in [3.63, 3.8) is 0 Å². The second-order valence-corrected chi connectivity index (χ2v) is 7.40. The van der Waals surface area contributed by atoms with Crippen LogP contribution in [0.1, 0.15) is 21.5 Å². The van der Waals surface area contributed by atoms with Crippen LogP contribution in [0.15, 0.2) is 76.3 Å². The smallest absolute Gasteiger partial charge is 0.343 e. The Labute approximate surface area is 201 Å². The molecule has 3 rings (SSSR count). The van der Waals surface area contributed by atoms with Crippen molar-refractivity contribution < 1.29 is 24.0 Å². The van der Waals surface area contributed by atoms with Crippen LogP contribution in [-0.4, -0.2) is 29.6 Å². The van der Waals surface area contributed by atoms with E-state index < -0.39 is 23.4 Å². The topological polar surface area (TPSA) is 144 Å². The monoisotopic (exact) mass is 522 g/mol. The number of nitriles is 1. The third kappa shape index (κ3) is 6.24. The molecule has 34 heavy (non-hydrogen) atoms. The fourth-order valence-electron chi connectivity index (χ4n) is 2.67. The Balaban J connectivity index is 1.75. The molecule has 3 aromatic rings. The predicted octanol–water partition coefficient (Wildman–Crippen LogP) is 3.98. The molecule has 1 amide bonds. The number of halogens is 1. The highest BCUT2D eigenvalue weighted by Gasteiger charge is 2.19. The SMILES string of the molecule is N#Cc1ccccc1OCC(=O)N/N=C/c1cc([N+](=O)[O-])cc(Br)c1OC(=O)c1ccccc1. The van der Waals surface area contributed by atoms with Crippen LogP contribution in [0.3, 0.4) is 0 Å². The first kappa shape index (κ1) is 24.1. The molecule has 11 heteroatoms. The van der Waals surface area contributed by atoms with Gasteiger partial charge in [0.25, 0.3) is 11.6 Å². The number of benzene rings is 3. The van der Waals surface area contributed by atoms with Crippen LogP contribution in [0.2, 0.25) is 0 Å². The highest BCUT2D eigenvalue weighted by molar-refractivity contribution is 9.10. The summed E-state index contributed by atoms with van der Waals surface area (Å²) in [5.41, 5.74) is 2.55. The van der Waals surface area contributed by atoms with Crippen molar-refractivity contribution in [2.45, 2.75) is 0 Å². The van der Waals surface area contributed by atoms with Crippen molar-refractivity contribution in [1.29, 1.82) is 5.26 Å². The van der Waals surface area contributed by atoms with Gasteiger partial charge in [-0.15, -0.1) is 0 Å². The Kier molecular flexibility index (Phi) is 8.04. The second-order valence-electron chi connectivity index (χ2n) is 6.55. The average Bonchev–Trinajstić information content (AvgIpc) is 2.85. The zero-order chi connectivity index (χ0) is 24.5. The van der Waals surface area contributed by atoms with Gasteiger partial charge in [0.15, 0.2) is 12.4 Å². The summed E-state index contributed by atoms with van der Waals surface area (Å²) in [7, 11) is 0. The van der Waals surface area contributed by atoms with E-state index in [1.54, 1.807) is 54.6 Å². The zero-order valence-corrected chi connectivity index (χ0v) is 18.9. The maximum atomic E-state index is 12.5. The predicted molar refractivity (Wildman–Crippen MR) is 125 cm³/mol. The van der Waals surface area contributed by atoms with E-state index in [9.17, 15) is 19.7 Å². The maximum Gasteiger partial charge on any atom is 0.343 e. The molecule has 0 atom stereocenters. The van der Waals surface area contributed by atoms with Crippen molar-refractivity contribution in [2.24, 2.45) is 5.10 Å². The van der Waals surface area contributed by atoms with Crippen LogP contribution in [-0.2, 0) is 4.79 Å². The van der Waals surface area contributed by atoms with Gasteiger partial charge in [0, 0.05) is 17.7 Å². The summed E-state index contributed by atoms with van der Waals surface area (Å²) < 4.78 is 10.9. The fourth-order valence-corrected chi connectivity index (χ4v) is 3.21. The number of nitro benzene ring substituents is 1. The molecule has 0 unspecified atom stereocenters. The number of nitrogens with one attached hydrogen (secondary N) is 1. The molecule has 0 fully saturated rings. The number of hydrogen-bond acceptors (Lipinski definition) is 8. The molecular formula is C23H15BrN4O6. The summed E-state index contributed by atoms with van der Waals surface area (Å²) in [6, 6.07) is 18.9. The number of ether oxygens (including phenoxy) is 2. The summed E-state index contributed by atoms with van der Waals surface area (Å²) >= 11 is 3.18. The minimum Gasteiger partial charge on any atom is -0.482 e. The van der Waals surface area contributed by atoms with Crippen LogP contribution >= 0.6 is 15.9 Å². The minimum absolute atomic E-state index is 0.0170. The summed E-state index contributed by atoms with van der Waals surface area (Å²) in [4.78, 5) is 35.1. The lowest BCUT2D eigenvalue weighted by Crippen LogP contribution is -2.24. The largest absolute Gasteiger partial charge is 0.482 e. The minimum atomic E-state index is -0.682. The number of carbonyl (C=O) groups excluding carboxylic acids is 2. The van der Waals surface area contributed by atoms with Crippen LogP contribution < -0.4 is 14.9 Å². The van der Waals surface area contributed by atoms with Crippen LogP contribution in [0.4, 0.5) is 5.69 Å². The second kappa shape index (κ2) is 11.3. The number of nitrogens with zero attached hydrogens (tertiary/aromatic N) is 3. The molecule has 0 saturated carbocycles. The number of hydrazone groups is 1. The van der Waals surface area contributed by atoms with Crippen LogP contribution in [0, 0.1) is 21.4 Å². The molecule has 0 radical (unpaired) electrons. The quantitative estimate of drug-likeness (QED) is 0.155.